The molecule has 9 heteroatoms. The number of nitrogens with zero attached hydrogens (tertiary/aromatic N) is 2. The van der Waals surface area contributed by atoms with E-state index in [-0.39, 0.29) is 26.9 Å². The third-order valence-corrected chi connectivity index (χ3v) is 3.42. The Labute approximate surface area is 122 Å². The highest BCUT2D eigenvalue weighted by atomic mass is 32.2. The number of nitro groups is 1. The van der Waals surface area contributed by atoms with Gasteiger partial charge in [0.25, 0.3) is 11.2 Å². The smallest absolute Gasteiger partial charge is 0.337 e. The van der Waals surface area contributed by atoms with E-state index in [0.717, 1.165) is 17.8 Å². The highest BCUT2D eigenvalue weighted by Gasteiger charge is 2.17. The maximum Gasteiger partial charge on any atom is 0.337 e. The third-order valence-electron chi connectivity index (χ3n) is 2.46. The predicted molar refractivity (Wildman–Crippen MR) is 73.8 cm³/mol. The van der Waals surface area contributed by atoms with E-state index in [2.05, 4.69) is 9.97 Å². The van der Waals surface area contributed by atoms with Gasteiger partial charge in [-0.15, -0.1) is 0 Å². The summed E-state index contributed by atoms with van der Waals surface area (Å²) in [5.41, 5.74) is -0.412. The number of aromatic carboxylic acids is 1. The maximum absolute atomic E-state index is 11.3. The van der Waals surface area contributed by atoms with E-state index in [1.165, 1.54) is 18.2 Å². The molecule has 1 heterocycles. The van der Waals surface area contributed by atoms with Gasteiger partial charge >= 0.3 is 5.97 Å². The van der Waals surface area contributed by atoms with Crippen LogP contribution in [0, 0.1) is 17.0 Å². The average Bonchev–Trinajstić information content (AvgIpc) is 2.37. The minimum Gasteiger partial charge on any atom is -0.478 e. The van der Waals surface area contributed by atoms with Crippen LogP contribution in [0.25, 0.3) is 0 Å². The minimum absolute atomic E-state index is 0.219. The van der Waals surface area contributed by atoms with E-state index in [1.807, 2.05) is 0 Å². The van der Waals surface area contributed by atoms with Gasteiger partial charge < -0.3 is 10.1 Å². The fourth-order valence-electron chi connectivity index (χ4n) is 1.59. The molecule has 0 aliphatic heterocycles. The largest absolute Gasteiger partial charge is 0.478 e. The number of carboxylic acids is 1. The molecule has 0 fully saturated rings. The topological polar surface area (TPSA) is 126 Å². The molecule has 0 saturated carbocycles. The summed E-state index contributed by atoms with van der Waals surface area (Å²) in [4.78, 5) is 39.3. The summed E-state index contributed by atoms with van der Waals surface area (Å²) in [7, 11) is 0. The van der Waals surface area contributed by atoms with Gasteiger partial charge in [0.05, 0.1) is 10.5 Å². The number of carboxylic acid groups (broad SMARTS) is 1. The molecule has 1 aromatic heterocycles. The second-order valence-corrected chi connectivity index (χ2v) is 5.07. The number of aromatic amines is 1. The van der Waals surface area contributed by atoms with E-state index in [9.17, 15) is 19.7 Å². The number of hydrogen-bond acceptors (Lipinski definition) is 6. The first kappa shape index (κ1) is 14.7. The SMILES string of the molecule is Cc1cc(=O)[nH]c(Sc2ccc([N+](=O)[O-])cc2C(=O)O)n1. The van der Waals surface area contributed by atoms with Crippen LogP contribution in [0.4, 0.5) is 5.69 Å². The fraction of sp³-hybridized carbons (Fsp3) is 0.0833. The summed E-state index contributed by atoms with van der Waals surface area (Å²) in [6.45, 7) is 1.63. The number of nitrogens with one attached hydrogen (secondary N) is 1. The Morgan fingerprint density at radius 1 is 1.43 bits per heavy atom. The number of carbonyl (C=O) groups is 1. The number of hydrogen-bond donors (Lipinski definition) is 2. The van der Waals surface area contributed by atoms with Crippen molar-refractivity contribution >= 4 is 23.4 Å². The molecular weight excluding hydrogens is 298 g/mol. The van der Waals surface area contributed by atoms with Crippen molar-refractivity contribution in [3.63, 3.8) is 0 Å². The van der Waals surface area contributed by atoms with E-state index >= 15 is 0 Å². The molecule has 8 nitrogen and oxygen atoms in total. The standard InChI is InChI=1S/C12H9N3O5S/c1-6-4-10(16)14-12(13-6)21-9-3-2-7(15(19)20)5-8(9)11(17)18/h2-5H,1H3,(H,17,18)(H,13,14,16). The van der Waals surface area contributed by atoms with E-state index in [0.29, 0.717) is 5.69 Å². The number of aryl methyl sites for hydroxylation is 1. The molecule has 0 saturated heterocycles. The summed E-state index contributed by atoms with van der Waals surface area (Å²) in [5.74, 6) is -1.30. The van der Waals surface area contributed by atoms with E-state index in [4.69, 9.17) is 5.11 Å². The minimum atomic E-state index is -1.30. The van der Waals surface area contributed by atoms with Gasteiger partial charge in [-0.2, -0.15) is 0 Å². The number of benzene rings is 1. The number of non-ortho nitro benzene ring substituents is 1. The van der Waals surface area contributed by atoms with Crippen molar-refractivity contribution < 1.29 is 14.8 Å². The first-order valence-electron chi connectivity index (χ1n) is 5.64. The summed E-state index contributed by atoms with van der Waals surface area (Å²) >= 11 is 0.921. The van der Waals surface area contributed by atoms with Crippen LogP contribution in [0.1, 0.15) is 16.1 Å². The zero-order chi connectivity index (χ0) is 15.6. The van der Waals surface area contributed by atoms with Crippen LogP contribution >= 0.6 is 11.8 Å². The van der Waals surface area contributed by atoms with Crippen molar-refractivity contribution in [2.24, 2.45) is 0 Å². The van der Waals surface area contributed by atoms with Crippen molar-refractivity contribution in [1.82, 2.24) is 9.97 Å². The fourth-order valence-corrected chi connectivity index (χ4v) is 2.53. The first-order chi connectivity index (χ1) is 9.86. The van der Waals surface area contributed by atoms with Crippen LogP contribution < -0.4 is 5.56 Å². The third kappa shape index (κ3) is 3.45. The average molecular weight is 307 g/mol. The van der Waals surface area contributed by atoms with Gasteiger partial charge in [-0.25, -0.2) is 9.78 Å². The molecule has 0 spiro atoms. The molecule has 2 rings (SSSR count). The molecule has 2 aromatic rings. The Kier molecular flexibility index (Phi) is 4.03. The summed E-state index contributed by atoms with van der Waals surface area (Å²) in [5, 5.41) is 20.0. The monoisotopic (exact) mass is 307 g/mol. The number of H-pyrrole nitrogens is 1. The Morgan fingerprint density at radius 3 is 2.71 bits per heavy atom. The summed E-state index contributed by atoms with van der Waals surface area (Å²) in [6.07, 6.45) is 0. The lowest BCUT2D eigenvalue weighted by Crippen LogP contribution is -2.08. The normalized spacial score (nSPS) is 10.3. The van der Waals surface area contributed by atoms with E-state index in [1.54, 1.807) is 6.92 Å². The highest BCUT2D eigenvalue weighted by Crippen LogP contribution is 2.30. The van der Waals surface area contributed by atoms with Crippen molar-refractivity contribution in [1.29, 1.82) is 0 Å². The molecule has 0 amide bonds. The first-order valence-corrected chi connectivity index (χ1v) is 6.46. The Balaban J connectivity index is 2.46. The van der Waals surface area contributed by atoms with Crippen molar-refractivity contribution in [3.8, 4) is 0 Å². The molecule has 1 aromatic carbocycles. The van der Waals surface area contributed by atoms with Crippen LogP contribution in [0.3, 0.4) is 0 Å². The molecule has 2 N–H and O–H groups in total. The molecule has 0 atom stereocenters. The van der Waals surface area contributed by atoms with Crippen LogP contribution in [0.15, 0.2) is 39.1 Å². The van der Waals surface area contributed by atoms with Crippen LogP contribution in [0.5, 0.6) is 0 Å². The van der Waals surface area contributed by atoms with Crippen LogP contribution in [0.2, 0.25) is 0 Å². The predicted octanol–water partition coefficient (Wildman–Crippen LogP) is 1.84. The number of aromatic nitrogens is 2. The van der Waals surface area contributed by atoms with Gasteiger partial charge in [0, 0.05) is 28.8 Å². The zero-order valence-electron chi connectivity index (χ0n) is 10.7. The molecule has 0 radical (unpaired) electrons. The van der Waals surface area contributed by atoms with Crippen LogP contribution in [-0.4, -0.2) is 26.0 Å². The lowest BCUT2D eigenvalue weighted by molar-refractivity contribution is -0.384. The molecule has 0 unspecified atom stereocenters. The second-order valence-electron chi connectivity index (χ2n) is 4.04. The molecule has 108 valence electrons. The molecule has 0 aliphatic carbocycles. The molecule has 0 aliphatic rings. The van der Waals surface area contributed by atoms with Crippen LogP contribution in [-0.2, 0) is 0 Å². The van der Waals surface area contributed by atoms with Gasteiger partial charge in [-0.3, -0.25) is 14.9 Å². The van der Waals surface area contributed by atoms with Gasteiger partial charge in [0.1, 0.15) is 0 Å². The van der Waals surface area contributed by atoms with Gasteiger partial charge in [-0.1, -0.05) is 11.8 Å². The van der Waals surface area contributed by atoms with Gasteiger partial charge in [-0.05, 0) is 13.0 Å². The molecule has 21 heavy (non-hydrogen) atoms. The Morgan fingerprint density at radius 2 is 2.14 bits per heavy atom. The quantitative estimate of drug-likeness (QED) is 0.501. The zero-order valence-corrected chi connectivity index (χ0v) is 11.5. The Bertz CT molecular complexity index is 787. The van der Waals surface area contributed by atoms with Gasteiger partial charge in [0.2, 0.25) is 0 Å². The summed E-state index contributed by atoms with van der Waals surface area (Å²) in [6, 6.07) is 4.79. The van der Waals surface area contributed by atoms with Crippen molar-refractivity contribution in [2.75, 3.05) is 0 Å². The Hall–Kier alpha value is -2.68. The van der Waals surface area contributed by atoms with E-state index < -0.39 is 10.9 Å². The lowest BCUT2D eigenvalue weighted by Gasteiger charge is -2.05. The molecule has 0 bridgehead atoms. The molecular formula is C12H9N3O5S. The summed E-state index contributed by atoms with van der Waals surface area (Å²) < 4.78 is 0. The van der Waals surface area contributed by atoms with Gasteiger partial charge in [0.15, 0.2) is 5.16 Å². The number of rotatable bonds is 4. The second kappa shape index (κ2) is 5.75. The highest BCUT2D eigenvalue weighted by molar-refractivity contribution is 7.99. The van der Waals surface area contributed by atoms with Crippen molar-refractivity contribution in [2.45, 2.75) is 17.0 Å². The van der Waals surface area contributed by atoms with Crippen molar-refractivity contribution in [3.05, 3.63) is 56.0 Å². The maximum atomic E-state index is 11.3. The number of nitro benzene ring substituents is 1. The lowest BCUT2D eigenvalue weighted by atomic mass is 10.2.